The van der Waals surface area contributed by atoms with Crippen LogP contribution >= 0.6 is 15.9 Å². The van der Waals surface area contributed by atoms with E-state index in [1.165, 1.54) is 24.3 Å². The normalized spacial score (nSPS) is 11.8. The lowest BCUT2D eigenvalue weighted by molar-refractivity contribution is -0.589. The standard InChI is InChI=1S/C11H7BrF3NO2/c12-10-4-1-7-5-8(18-6-11(13,14)15)2-3-9(7)16(10)17/h1-5H,6H2. The third-order valence-corrected chi connectivity index (χ3v) is 2.80. The fourth-order valence-electron chi connectivity index (χ4n) is 1.45. The monoisotopic (exact) mass is 321 g/mol. The van der Waals surface area contributed by atoms with Gasteiger partial charge in [0.05, 0.1) is 5.39 Å². The molecule has 0 aliphatic rings. The zero-order valence-corrected chi connectivity index (χ0v) is 10.5. The number of hydrogen-bond acceptors (Lipinski definition) is 2. The number of benzene rings is 1. The predicted molar refractivity (Wildman–Crippen MR) is 62.2 cm³/mol. The van der Waals surface area contributed by atoms with Crippen LogP contribution in [0.15, 0.2) is 34.9 Å². The summed E-state index contributed by atoms with van der Waals surface area (Å²) in [5.41, 5.74) is 0.351. The number of halogens is 4. The first-order valence-corrected chi connectivity index (χ1v) is 5.67. The van der Waals surface area contributed by atoms with Crippen LogP contribution < -0.4 is 9.47 Å². The van der Waals surface area contributed by atoms with Gasteiger partial charge in [-0.15, -0.1) is 0 Å². The van der Waals surface area contributed by atoms with E-state index in [0.29, 0.717) is 20.2 Å². The Morgan fingerprint density at radius 2 is 1.94 bits per heavy atom. The van der Waals surface area contributed by atoms with Crippen molar-refractivity contribution in [2.45, 2.75) is 6.18 Å². The van der Waals surface area contributed by atoms with Gasteiger partial charge in [-0.25, -0.2) is 0 Å². The molecule has 2 rings (SSSR count). The highest BCUT2D eigenvalue weighted by Crippen LogP contribution is 2.22. The van der Waals surface area contributed by atoms with Crippen LogP contribution in [0.25, 0.3) is 10.9 Å². The first-order valence-electron chi connectivity index (χ1n) is 4.88. The van der Waals surface area contributed by atoms with Gasteiger partial charge in [0.2, 0.25) is 5.52 Å². The van der Waals surface area contributed by atoms with Gasteiger partial charge in [0.25, 0.3) is 4.60 Å². The molecule has 0 amide bonds. The fraction of sp³-hybridized carbons (Fsp3) is 0.182. The zero-order chi connectivity index (χ0) is 13.3. The number of hydrogen-bond donors (Lipinski definition) is 0. The maximum absolute atomic E-state index is 12.0. The molecule has 1 aromatic heterocycles. The van der Waals surface area contributed by atoms with Crippen molar-refractivity contribution in [3.8, 4) is 5.75 Å². The first-order chi connectivity index (χ1) is 8.37. The molecule has 0 unspecified atom stereocenters. The molecule has 2 aromatic rings. The minimum absolute atomic E-state index is 0.0714. The molecule has 0 fully saturated rings. The molecule has 0 N–H and O–H groups in total. The predicted octanol–water partition coefficient (Wildman–Crippen LogP) is 3.18. The SMILES string of the molecule is [O-][n+]1c(Br)ccc2cc(OCC(F)(F)F)ccc21. The number of rotatable bonds is 2. The first kappa shape index (κ1) is 12.9. The van der Waals surface area contributed by atoms with Crippen molar-refractivity contribution in [3.05, 3.63) is 40.1 Å². The Bertz CT molecular complexity index is 586. The lowest BCUT2D eigenvalue weighted by Gasteiger charge is -2.10. The van der Waals surface area contributed by atoms with E-state index in [9.17, 15) is 18.4 Å². The molecule has 0 spiro atoms. The Kier molecular flexibility index (Phi) is 3.34. The summed E-state index contributed by atoms with van der Waals surface area (Å²) in [6.07, 6.45) is -4.38. The third-order valence-electron chi connectivity index (χ3n) is 2.21. The van der Waals surface area contributed by atoms with Crippen LogP contribution in [0, 0.1) is 5.21 Å². The summed E-state index contributed by atoms with van der Waals surface area (Å²) in [7, 11) is 0. The van der Waals surface area contributed by atoms with Crippen LogP contribution in [0.4, 0.5) is 13.2 Å². The van der Waals surface area contributed by atoms with Crippen molar-refractivity contribution >= 4 is 26.8 Å². The summed E-state index contributed by atoms with van der Waals surface area (Å²) in [6, 6.07) is 7.27. The van der Waals surface area contributed by atoms with Crippen molar-refractivity contribution in [3.63, 3.8) is 0 Å². The number of pyridine rings is 1. The summed E-state index contributed by atoms with van der Waals surface area (Å²) in [6.45, 7) is -1.35. The van der Waals surface area contributed by atoms with Crippen LogP contribution in [-0.2, 0) is 0 Å². The molecule has 0 bridgehead atoms. The smallest absolute Gasteiger partial charge is 0.422 e. The Hall–Kier alpha value is -1.50. The molecule has 3 nitrogen and oxygen atoms in total. The minimum Gasteiger partial charge on any atom is -0.617 e. The molecule has 1 heterocycles. The van der Waals surface area contributed by atoms with E-state index in [-0.39, 0.29) is 5.75 Å². The van der Waals surface area contributed by atoms with Crippen LogP contribution in [0.5, 0.6) is 5.75 Å². The average Bonchev–Trinajstić information content (AvgIpc) is 2.30. The Morgan fingerprint density at radius 3 is 2.61 bits per heavy atom. The maximum Gasteiger partial charge on any atom is 0.422 e. The Balaban J connectivity index is 2.31. The molecule has 1 aromatic carbocycles. The molecule has 0 atom stereocenters. The molecule has 96 valence electrons. The van der Waals surface area contributed by atoms with Gasteiger partial charge < -0.3 is 9.94 Å². The topological polar surface area (TPSA) is 36.2 Å². The van der Waals surface area contributed by atoms with Crippen LogP contribution in [0.2, 0.25) is 0 Å². The lowest BCUT2D eigenvalue weighted by Crippen LogP contribution is -2.28. The fourth-order valence-corrected chi connectivity index (χ4v) is 1.77. The summed E-state index contributed by atoms with van der Waals surface area (Å²) in [5.74, 6) is 0.0714. The van der Waals surface area contributed by atoms with E-state index in [1.807, 2.05) is 0 Å². The molecule has 0 aliphatic carbocycles. The lowest BCUT2D eigenvalue weighted by atomic mass is 10.2. The maximum atomic E-state index is 12.0. The van der Waals surface area contributed by atoms with E-state index >= 15 is 0 Å². The molecule has 7 heteroatoms. The second-order valence-electron chi connectivity index (χ2n) is 3.57. The van der Waals surface area contributed by atoms with Crippen molar-refractivity contribution in [2.75, 3.05) is 6.61 Å². The Morgan fingerprint density at radius 1 is 1.22 bits per heavy atom. The van der Waals surface area contributed by atoms with Crippen molar-refractivity contribution in [1.29, 1.82) is 0 Å². The summed E-state index contributed by atoms with van der Waals surface area (Å²) < 4.78 is 41.5. The molecule has 0 aliphatic heterocycles. The third kappa shape index (κ3) is 2.84. The van der Waals surface area contributed by atoms with Gasteiger partial charge in [-0.05, 0) is 18.2 Å². The van der Waals surface area contributed by atoms with Crippen molar-refractivity contribution < 1.29 is 22.6 Å². The Labute approximate surface area is 108 Å². The average molecular weight is 322 g/mol. The summed E-state index contributed by atoms with van der Waals surface area (Å²) in [4.78, 5) is 0. The van der Waals surface area contributed by atoms with E-state index in [1.54, 1.807) is 6.07 Å². The summed E-state index contributed by atoms with van der Waals surface area (Å²) >= 11 is 3.06. The van der Waals surface area contributed by atoms with Gasteiger partial charge in [-0.2, -0.15) is 17.9 Å². The van der Waals surface area contributed by atoms with Gasteiger partial charge in [-0.1, -0.05) is 0 Å². The van der Waals surface area contributed by atoms with Crippen molar-refractivity contribution in [1.82, 2.24) is 0 Å². The van der Waals surface area contributed by atoms with Gasteiger partial charge in [-0.3, -0.25) is 0 Å². The van der Waals surface area contributed by atoms with E-state index in [0.717, 1.165) is 0 Å². The molecule has 0 radical (unpaired) electrons. The number of alkyl halides is 3. The second-order valence-corrected chi connectivity index (χ2v) is 4.39. The van der Waals surface area contributed by atoms with Crippen LogP contribution in [0.3, 0.4) is 0 Å². The molecule has 0 saturated heterocycles. The van der Waals surface area contributed by atoms with Gasteiger partial charge >= 0.3 is 6.18 Å². The molecular formula is C11H7BrF3NO2. The summed E-state index contributed by atoms with van der Waals surface area (Å²) in [5, 5.41) is 12.1. The van der Waals surface area contributed by atoms with Crippen molar-refractivity contribution in [2.24, 2.45) is 0 Å². The van der Waals surface area contributed by atoms with E-state index in [4.69, 9.17) is 0 Å². The highest BCUT2D eigenvalue weighted by molar-refractivity contribution is 9.10. The van der Waals surface area contributed by atoms with Crippen LogP contribution in [-0.4, -0.2) is 12.8 Å². The zero-order valence-electron chi connectivity index (χ0n) is 8.87. The number of ether oxygens (including phenoxy) is 1. The van der Waals surface area contributed by atoms with E-state index in [2.05, 4.69) is 20.7 Å². The number of aromatic nitrogens is 1. The number of nitrogens with zero attached hydrogens (tertiary/aromatic N) is 1. The van der Waals surface area contributed by atoms with Gasteiger partial charge in [0.1, 0.15) is 5.75 Å². The highest BCUT2D eigenvalue weighted by atomic mass is 79.9. The molecule has 0 saturated carbocycles. The largest absolute Gasteiger partial charge is 0.617 e. The quantitative estimate of drug-likeness (QED) is 0.484. The van der Waals surface area contributed by atoms with Gasteiger partial charge in [0, 0.05) is 28.1 Å². The van der Waals surface area contributed by atoms with Crippen LogP contribution in [0.1, 0.15) is 0 Å². The molecular weight excluding hydrogens is 315 g/mol. The molecule has 18 heavy (non-hydrogen) atoms. The highest BCUT2D eigenvalue weighted by Gasteiger charge is 2.28. The van der Waals surface area contributed by atoms with E-state index < -0.39 is 12.8 Å². The second kappa shape index (κ2) is 4.64. The number of fused-ring (bicyclic) bond motifs is 1. The van der Waals surface area contributed by atoms with Gasteiger partial charge in [0.15, 0.2) is 6.61 Å². The minimum atomic E-state index is -4.38.